The number of hydrogen-bond donors (Lipinski definition) is 1. The molecule has 8 heteroatoms. The number of benzene rings is 2. The fourth-order valence-electron chi connectivity index (χ4n) is 3.01. The first-order valence-electron chi connectivity index (χ1n) is 9.61. The molecule has 1 aliphatic rings. The standard InChI is InChI=1S/C22H24N2O6/c1-28-18-9-7-17(8-10-18)21(26)23-15-19(25)30-20(16-5-3-2-4-6-16)22(27)24-11-13-29-14-12-24/h2-10,20H,11-15H2,1H3,(H,23,26)/t20-/m1/s1. The number of carbonyl (C=O) groups is 3. The van der Waals surface area contributed by atoms with Gasteiger partial charge >= 0.3 is 5.97 Å². The van der Waals surface area contributed by atoms with Crippen molar-refractivity contribution in [2.75, 3.05) is 40.0 Å². The van der Waals surface area contributed by atoms with Gasteiger partial charge in [0.1, 0.15) is 12.3 Å². The molecule has 1 fully saturated rings. The first-order valence-corrected chi connectivity index (χ1v) is 9.61. The van der Waals surface area contributed by atoms with Gasteiger partial charge in [0.25, 0.3) is 11.8 Å². The summed E-state index contributed by atoms with van der Waals surface area (Å²) in [5.41, 5.74) is 0.955. The summed E-state index contributed by atoms with van der Waals surface area (Å²) < 4.78 is 15.8. The number of amides is 2. The Balaban J connectivity index is 1.62. The molecule has 0 saturated carbocycles. The molecule has 0 bridgehead atoms. The van der Waals surface area contributed by atoms with E-state index in [2.05, 4.69) is 5.32 Å². The second-order valence-electron chi connectivity index (χ2n) is 6.63. The molecule has 8 nitrogen and oxygen atoms in total. The van der Waals surface area contributed by atoms with Gasteiger partial charge in [-0.05, 0) is 24.3 Å². The Morgan fingerprint density at radius 2 is 1.70 bits per heavy atom. The van der Waals surface area contributed by atoms with Crippen LogP contribution in [0.1, 0.15) is 22.0 Å². The number of hydrogen-bond acceptors (Lipinski definition) is 6. The van der Waals surface area contributed by atoms with E-state index in [4.69, 9.17) is 14.2 Å². The van der Waals surface area contributed by atoms with Gasteiger partial charge in [0.05, 0.1) is 20.3 Å². The predicted octanol–water partition coefficient (Wildman–Crippen LogP) is 1.57. The smallest absolute Gasteiger partial charge is 0.326 e. The van der Waals surface area contributed by atoms with Crippen molar-refractivity contribution < 1.29 is 28.6 Å². The van der Waals surface area contributed by atoms with Gasteiger partial charge < -0.3 is 24.4 Å². The van der Waals surface area contributed by atoms with Crippen LogP contribution in [0.4, 0.5) is 0 Å². The first-order chi connectivity index (χ1) is 14.6. The van der Waals surface area contributed by atoms with Crippen molar-refractivity contribution in [1.29, 1.82) is 0 Å². The third-order valence-corrected chi connectivity index (χ3v) is 4.64. The van der Waals surface area contributed by atoms with Gasteiger partial charge in [-0.3, -0.25) is 14.4 Å². The molecule has 1 atom stereocenters. The van der Waals surface area contributed by atoms with Gasteiger partial charge in [-0.15, -0.1) is 0 Å². The van der Waals surface area contributed by atoms with Crippen molar-refractivity contribution in [2.24, 2.45) is 0 Å². The number of methoxy groups -OCH3 is 1. The largest absolute Gasteiger partial charge is 0.497 e. The Labute approximate surface area is 174 Å². The third-order valence-electron chi connectivity index (χ3n) is 4.64. The highest BCUT2D eigenvalue weighted by atomic mass is 16.5. The summed E-state index contributed by atoms with van der Waals surface area (Å²) in [6, 6.07) is 15.3. The molecule has 1 aliphatic heterocycles. The molecule has 1 N–H and O–H groups in total. The number of carbonyl (C=O) groups excluding carboxylic acids is 3. The fraction of sp³-hybridized carbons (Fsp3) is 0.318. The Kier molecular flexibility index (Phi) is 7.40. The van der Waals surface area contributed by atoms with Crippen LogP contribution < -0.4 is 10.1 Å². The second kappa shape index (κ2) is 10.4. The zero-order valence-corrected chi connectivity index (χ0v) is 16.7. The number of rotatable bonds is 7. The van der Waals surface area contributed by atoms with Crippen molar-refractivity contribution in [2.45, 2.75) is 6.10 Å². The highest BCUT2D eigenvalue weighted by Crippen LogP contribution is 2.21. The van der Waals surface area contributed by atoms with Crippen molar-refractivity contribution >= 4 is 17.8 Å². The molecule has 2 amide bonds. The Morgan fingerprint density at radius 3 is 2.33 bits per heavy atom. The highest BCUT2D eigenvalue weighted by molar-refractivity contribution is 5.96. The number of esters is 1. The van der Waals surface area contributed by atoms with Crippen LogP contribution in [0.2, 0.25) is 0 Å². The van der Waals surface area contributed by atoms with Gasteiger partial charge in [0, 0.05) is 24.2 Å². The maximum absolute atomic E-state index is 12.9. The van der Waals surface area contributed by atoms with Crippen molar-refractivity contribution in [3.8, 4) is 5.75 Å². The summed E-state index contributed by atoms with van der Waals surface area (Å²) >= 11 is 0. The quantitative estimate of drug-likeness (QED) is 0.694. The summed E-state index contributed by atoms with van der Waals surface area (Å²) in [5, 5.41) is 2.51. The van der Waals surface area contributed by atoms with E-state index in [-0.39, 0.29) is 12.5 Å². The van der Waals surface area contributed by atoms with E-state index in [1.165, 1.54) is 7.11 Å². The second-order valence-corrected chi connectivity index (χ2v) is 6.63. The predicted molar refractivity (Wildman–Crippen MR) is 108 cm³/mol. The molecular weight excluding hydrogens is 388 g/mol. The summed E-state index contributed by atoms with van der Waals surface area (Å²) in [5.74, 6) is -0.810. The molecule has 158 valence electrons. The fourth-order valence-corrected chi connectivity index (χ4v) is 3.01. The van der Waals surface area contributed by atoms with E-state index in [1.807, 2.05) is 6.07 Å². The minimum atomic E-state index is -1.07. The van der Waals surface area contributed by atoms with E-state index >= 15 is 0 Å². The van der Waals surface area contributed by atoms with Gasteiger partial charge in [-0.2, -0.15) is 0 Å². The molecule has 0 aromatic heterocycles. The minimum absolute atomic E-state index is 0.306. The summed E-state index contributed by atoms with van der Waals surface area (Å²) in [6.07, 6.45) is -1.07. The van der Waals surface area contributed by atoms with Crippen LogP contribution in [0.5, 0.6) is 5.75 Å². The summed E-state index contributed by atoms with van der Waals surface area (Å²) in [6.45, 7) is 1.41. The molecule has 30 heavy (non-hydrogen) atoms. The zero-order chi connectivity index (χ0) is 21.3. The number of nitrogens with one attached hydrogen (secondary N) is 1. The molecule has 1 saturated heterocycles. The summed E-state index contributed by atoms with van der Waals surface area (Å²) in [4.78, 5) is 39.2. The Bertz CT molecular complexity index is 863. The lowest BCUT2D eigenvalue weighted by molar-refractivity contribution is -0.162. The van der Waals surface area contributed by atoms with Gasteiger partial charge in [-0.25, -0.2) is 0 Å². The molecule has 0 aliphatic carbocycles. The van der Waals surface area contributed by atoms with Crippen molar-refractivity contribution in [3.63, 3.8) is 0 Å². The Hall–Kier alpha value is -3.39. The molecular formula is C22H24N2O6. The van der Waals surface area contributed by atoms with Crippen LogP contribution in [-0.2, 0) is 19.1 Å². The van der Waals surface area contributed by atoms with Gasteiger partial charge in [0.15, 0.2) is 0 Å². The molecule has 2 aromatic carbocycles. The normalized spacial score (nSPS) is 14.5. The molecule has 2 aromatic rings. The average molecular weight is 412 g/mol. The Morgan fingerprint density at radius 1 is 1.03 bits per heavy atom. The lowest BCUT2D eigenvalue weighted by Crippen LogP contribution is -2.44. The summed E-state index contributed by atoms with van der Waals surface area (Å²) in [7, 11) is 1.53. The average Bonchev–Trinajstić information content (AvgIpc) is 2.81. The molecule has 3 rings (SSSR count). The number of nitrogens with zero attached hydrogens (tertiary/aromatic N) is 1. The lowest BCUT2D eigenvalue weighted by Gasteiger charge is -2.30. The zero-order valence-electron chi connectivity index (χ0n) is 16.7. The van der Waals surface area contributed by atoms with Crippen molar-refractivity contribution in [1.82, 2.24) is 10.2 Å². The highest BCUT2D eigenvalue weighted by Gasteiger charge is 2.30. The van der Waals surface area contributed by atoms with E-state index in [9.17, 15) is 14.4 Å². The van der Waals surface area contributed by atoms with Crippen LogP contribution in [0.25, 0.3) is 0 Å². The van der Waals surface area contributed by atoms with Crippen LogP contribution in [0.3, 0.4) is 0 Å². The maximum atomic E-state index is 12.9. The van der Waals surface area contributed by atoms with E-state index < -0.39 is 18.0 Å². The van der Waals surface area contributed by atoms with Gasteiger partial charge in [-0.1, -0.05) is 30.3 Å². The van der Waals surface area contributed by atoms with E-state index in [1.54, 1.807) is 53.4 Å². The van der Waals surface area contributed by atoms with Crippen LogP contribution in [0, 0.1) is 0 Å². The minimum Gasteiger partial charge on any atom is -0.497 e. The topological polar surface area (TPSA) is 94.2 Å². The first kappa shape index (κ1) is 21.3. The number of morpholine rings is 1. The van der Waals surface area contributed by atoms with Crippen LogP contribution >= 0.6 is 0 Å². The third kappa shape index (κ3) is 5.57. The van der Waals surface area contributed by atoms with Gasteiger partial charge in [0.2, 0.25) is 6.10 Å². The van der Waals surface area contributed by atoms with E-state index in [0.717, 1.165) is 0 Å². The van der Waals surface area contributed by atoms with Crippen LogP contribution in [-0.4, -0.2) is 62.6 Å². The monoisotopic (exact) mass is 412 g/mol. The molecule has 0 spiro atoms. The SMILES string of the molecule is COc1ccc(C(=O)NCC(=O)O[C@@H](C(=O)N2CCOCC2)c2ccccc2)cc1. The molecule has 1 heterocycles. The van der Waals surface area contributed by atoms with Crippen LogP contribution in [0.15, 0.2) is 54.6 Å². The lowest BCUT2D eigenvalue weighted by atomic mass is 10.1. The van der Waals surface area contributed by atoms with E-state index in [0.29, 0.717) is 43.2 Å². The number of ether oxygens (including phenoxy) is 3. The maximum Gasteiger partial charge on any atom is 0.326 e. The molecule has 0 unspecified atom stereocenters. The van der Waals surface area contributed by atoms with Crippen molar-refractivity contribution in [3.05, 3.63) is 65.7 Å². The molecule has 0 radical (unpaired) electrons.